The highest BCUT2D eigenvalue weighted by molar-refractivity contribution is 9.10. The van der Waals surface area contributed by atoms with E-state index >= 15 is 0 Å². The molecule has 0 fully saturated rings. The van der Waals surface area contributed by atoms with Crippen LogP contribution in [0.5, 0.6) is 11.5 Å². The molecule has 0 aliphatic rings. The topological polar surface area (TPSA) is 39.7 Å². The van der Waals surface area contributed by atoms with Gasteiger partial charge in [0.05, 0.1) is 18.7 Å². The van der Waals surface area contributed by atoms with Crippen molar-refractivity contribution >= 4 is 28.3 Å². The van der Waals surface area contributed by atoms with Crippen molar-refractivity contribution in [2.24, 2.45) is 0 Å². The molecule has 0 saturated heterocycles. The number of hydrogen-bond donors (Lipinski definition) is 1. The van der Waals surface area contributed by atoms with Gasteiger partial charge in [0.2, 0.25) is 0 Å². The van der Waals surface area contributed by atoms with Crippen molar-refractivity contribution in [2.45, 2.75) is 13.0 Å². The molecule has 1 aromatic carbocycles. The van der Waals surface area contributed by atoms with E-state index in [1.165, 1.54) is 0 Å². The zero-order chi connectivity index (χ0) is 13.4. The predicted molar refractivity (Wildman–Crippen MR) is 82.7 cm³/mol. The smallest absolute Gasteiger partial charge is 0.174 e. The number of ether oxygens (including phenoxy) is 3. The molecule has 0 amide bonds. The van der Waals surface area contributed by atoms with Gasteiger partial charge in [-0.1, -0.05) is 0 Å². The van der Waals surface area contributed by atoms with Gasteiger partial charge in [-0.2, -0.15) is 0 Å². The summed E-state index contributed by atoms with van der Waals surface area (Å²) >= 11 is 3.48. The van der Waals surface area contributed by atoms with Gasteiger partial charge in [-0.15, -0.1) is 12.4 Å². The maximum atomic E-state index is 5.30. The Morgan fingerprint density at radius 1 is 1.16 bits per heavy atom. The molecule has 0 atom stereocenters. The lowest BCUT2D eigenvalue weighted by Crippen LogP contribution is -2.16. The highest BCUT2D eigenvalue weighted by Gasteiger charge is 2.10. The second-order valence-electron chi connectivity index (χ2n) is 3.84. The van der Waals surface area contributed by atoms with Gasteiger partial charge >= 0.3 is 0 Å². The zero-order valence-corrected chi connectivity index (χ0v) is 13.9. The van der Waals surface area contributed by atoms with E-state index in [1.54, 1.807) is 21.3 Å². The molecule has 1 N–H and O–H groups in total. The van der Waals surface area contributed by atoms with E-state index in [-0.39, 0.29) is 12.4 Å². The summed E-state index contributed by atoms with van der Waals surface area (Å²) in [5, 5.41) is 3.36. The number of nitrogens with one attached hydrogen (secondary N) is 1. The minimum atomic E-state index is 0. The van der Waals surface area contributed by atoms with Gasteiger partial charge in [-0.05, 0) is 46.6 Å². The molecule has 0 aliphatic carbocycles. The van der Waals surface area contributed by atoms with Gasteiger partial charge in [-0.3, -0.25) is 0 Å². The summed E-state index contributed by atoms with van der Waals surface area (Å²) in [6.07, 6.45) is 1.00. The van der Waals surface area contributed by atoms with E-state index in [9.17, 15) is 0 Å². The van der Waals surface area contributed by atoms with Gasteiger partial charge in [-0.25, -0.2) is 0 Å². The Morgan fingerprint density at radius 3 is 2.47 bits per heavy atom. The molecular formula is C13H21BrClNO3. The second-order valence-corrected chi connectivity index (χ2v) is 4.69. The molecule has 0 heterocycles. The van der Waals surface area contributed by atoms with Crippen molar-refractivity contribution in [3.63, 3.8) is 0 Å². The normalized spacial score (nSPS) is 9.89. The molecule has 0 aromatic heterocycles. The lowest BCUT2D eigenvalue weighted by Gasteiger charge is -2.12. The van der Waals surface area contributed by atoms with Crippen LogP contribution in [0.25, 0.3) is 0 Å². The standard InChI is InChI=1S/C13H20BrNO3.ClH/c1-16-6-4-5-15-9-10-7-11(14)13(18-3)12(8-10)17-2;/h7-8,15H,4-6,9H2,1-3H3;1H. The van der Waals surface area contributed by atoms with Crippen molar-refractivity contribution < 1.29 is 14.2 Å². The van der Waals surface area contributed by atoms with Gasteiger partial charge in [0.1, 0.15) is 0 Å². The van der Waals surface area contributed by atoms with E-state index in [2.05, 4.69) is 21.2 Å². The molecule has 0 aliphatic heterocycles. The van der Waals surface area contributed by atoms with E-state index in [1.807, 2.05) is 12.1 Å². The summed E-state index contributed by atoms with van der Waals surface area (Å²) in [6, 6.07) is 4.01. The van der Waals surface area contributed by atoms with E-state index in [0.717, 1.165) is 47.7 Å². The number of benzene rings is 1. The molecule has 1 rings (SSSR count). The average Bonchev–Trinajstić information content (AvgIpc) is 2.37. The predicted octanol–water partition coefficient (Wildman–Crippen LogP) is 3.01. The van der Waals surface area contributed by atoms with Gasteiger partial charge in [0.15, 0.2) is 11.5 Å². The Morgan fingerprint density at radius 2 is 1.89 bits per heavy atom. The summed E-state index contributed by atoms with van der Waals surface area (Å²) in [7, 11) is 4.98. The van der Waals surface area contributed by atoms with E-state index in [0.29, 0.717) is 0 Å². The second kappa shape index (κ2) is 10.3. The summed E-state index contributed by atoms with van der Waals surface area (Å²) in [5.41, 5.74) is 1.15. The molecule has 0 unspecified atom stereocenters. The van der Waals surface area contributed by atoms with Crippen LogP contribution in [0.15, 0.2) is 16.6 Å². The molecule has 6 heteroatoms. The van der Waals surface area contributed by atoms with Crippen LogP contribution >= 0.6 is 28.3 Å². The van der Waals surface area contributed by atoms with Crippen molar-refractivity contribution in [3.05, 3.63) is 22.2 Å². The molecule has 0 radical (unpaired) electrons. The Hall–Kier alpha value is -0.490. The Balaban J connectivity index is 0.00000324. The third kappa shape index (κ3) is 5.99. The highest BCUT2D eigenvalue weighted by Crippen LogP contribution is 2.36. The number of halogens is 2. The van der Waals surface area contributed by atoms with Gasteiger partial charge < -0.3 is 19.5 Å². The minimum absolute atomic E-state index is 0. The first-order chi connectivity index (χ1) is 8.72. The molecule has 4 nitrogen and oxygen atoms in total. The minimum Gasteiger partial charge on any atom is -0.493 e. The Bertz CT molecular complexity index is 377. The monoisotopic (exact) mass is 353 g/mol. The van der Waals surface area contributed by atoms with Crippen molar-refractivity contribution in [3.8, 4) is 11.5 Å². The summed E-state index contributed by atoms with van der Waals surface area (Å²) in [6.45, 7) is 2.51. The van der Waals surface area contributed by atoms with Crippen LogP contribution in [0, 0.1) is 0 Å². The Kier molecular flexibility index (Phi) is 10.0. The molecule has 0 saturated carbocycles. The number of hydrogen-bond acceptors (Lipinski definition) is 4. The van der Waals surface area contributed by atoms with Crippen LogP contribution in [0.3, 0.4) is 0 Å². The Labute approximate surface area is 129 Å². The fourth-order valence-electron chi connectivity index (χ4n) is 1.65. The number of rotatable bonds is 8. The molecule has 0 bridgehead atoms. The van der Waals surface area contributed by atoms with Crippen molar-refractivity contribution in [1.29, 1.82) is 0 Å². The van der Waals surface area contributed by atoms with Crippen molar-refractivity contribution in [2.75, 3.05) is 34.5 Å². The quantitative estimate of drug-likeness (QED) is 0.729. The molecule has 110 valence electrons. The average molecular weight is 355 g/mol. The molecule has 0 spiro atoms. The maximum absolute atomic E-state index is 5.30. The van der Waals surface area contributed by atoms with Crippen LogP contribution in [0.2, 0.25) is 0 Å². The van der Waals surface area contributed by atoms with E-state index in [4.69, 9.17) is 14.2 Å². The number of methoxy groups -OCH3 is 3. The summed E-state index contributed by atoms with van der Waals surface area (Å²) in [5.74, 6) is 1.46. The maximum Gasteiger partial charge on any atom is 0.174 e. The van der Waals surface area contributed by atoms with Crippen LogP contribution in [-0.2, 0) is 11.3 Å². The largest absolute Gasteiger partial charge is 0.493 e. The summed E-state index contributed by atoms with van der Waals surface area (Å²) in [4.78, 5) is 0. The van der Waals surface area contributed by atoms with Crippen LogP contribution in [0.1, 0.15) is 12.0 Å². The van der Waals surface area contributed by atoms with Crippen LogP contribution in [-0.4, -0.2) is 34.5 Å². The van der Waals surface area contributed by atoms with Gasteiger partial charge in [0, 0.05) is 20.3 Å². The molecule has 19 heavy (non-hydrogen) atoms. The SMILES string of the molecule is COCCCNCc1cc(Br)c(OC)c(OC)c1.Cl. The lowest BCUT2D eigenvalue weighted by molar-refractivity contribution is 0.194. The third-order valence-electron chi connectivity index (χ3n) is 2.52. The third-order valence-corrected chi connectivity index (χ3v) is 3.11. The highest BCUT2D eigenvalue weighted by atomic mass is 79.9. The summed E-state index contributed by atoms with van der Waals surface area (Å²) < 4.78 is 16.5. The van der Waals surface area contributed by atoms with Crippen LogP contribution in [0.4, 0.5) is 0 Å². The fraction of sp³-hybridized carbons (Fsp3) is 0.538. The molecule has 1 aromatic rings. The first-order valence-electron chi connectivity index (χ1n) is 5.83. The zero-order valence-electron chi connectivity index (χ0n) is 11.5. The fourth-order valence-corrected chi connectivity index (χ4v) is 2.30. The molecular weight excluding hydrogens is 334 g/mol. The first-order valence-corrected chi connectivity index (χ1v) is 6.62. The first kappa shape index (κ1) is 18.5. The lowest BCUT2D eigenvalue weighted by atomic mass is 10.2. The van der Waals surface area contributed by atoms with Gasteiger partial charge in [0.25, 0.3) is 0 Å². The van der Waals surface area contributed by atoms with E-state index < -0.39 is 0 Å². The van der Waals surface area contributed by atoms with Crippen molar-refractivity contribution in [1.82, 2.24) is 5.32 Å². The van der Waals surface area contributed by atoms with Crippen LogP contribution < -0.4 is 14.8 Å².